The van der Waals surface area contributed by atoms with Gasteiger partial charge in [0.2, 0.25) is 0 Å². The van der Waals surface area contributed by atoms with Gasteiger partial charge in [-0.25, -0.2) is 0 Å². The van der Waals surface area contributed by atoms with Gasteiger partial charge in [0.25, 0.3) is 5.91 Å². The summed E-state index contributed by atoms with van der Waals surface area (Å²) in [5.74, 6) is 4.84. The molecule has 0 unspecified atom stereocenters. The molecule has 0 aromatic heterocycles. The van der Waals surface area contributed by atoms with Crippen LogP contribution in [-0.4, -0.2) is 30.8 Å². The van der Waals surface area contributed by atoms with Gasteiger partial charge in [-0.3, -0.25) is 9.18 Å². The zero-order valence-corrected chi connectivity index (χ0v) is 10.4. The van der Waals surface area contributed by atoms with Crippen molar-refractivity contribution in [1.29, 1.82) is 0 Å². The van der Waals surface area contributed by atoms with Crippen molar-refractivity contribution in [1.82, 2.24) is 5.32 Å². The van der Waals surface area contributed by atoms with Gasteiger partial charge in [-0.2, -0.15) is 0 Å². The van der Waals surface area contributed by atoms with Gasteiger partial charge in [-0.1, -0.05) is 23.4 Å². The first kappa shape index (κ1) is 14.5. The van der Waals surface area contributed by atoms with E-state index in [2.05, 4.69) is 17.2 Å². The zero-order chi connectivity index (χ0) is 13.4. The van der Waals surface area contributed by atoms with E-state index in [1.165, 1.54) is 6.07 Å². The molecule has 1 amide bonds. The number of halogens is 2. The second-order valence-electron chi connectivity index (χ2n) is 3.45. The Kier molecular flexibility index (Phi) is 6.20. The highest BCUT2D eigenvalue weighted by Gasteiger charge is 2.07. The quantitative estimate of drug-likeness (QED) is 0.647. The number of aliphatic hydroxyl groups excluding tert-OH is 1. The SMILES string of the molecule is O=C(NCCCF)c1ccc(C#CCO)c(Cl)c1. The van der Waals surface area contributed by atoms with Crippen LogP contribution in [0.1, 0.15) is 22.3 Å². The molecule has 0 spiro atoms. The summed E-state index contributed by atoms with van der Waals surface area (Å²) in [5, 5.41) is 11.5. The van der Waals surface area contributed by atoms with Crippen LogP contribution in [0.4, 0.5) is 4.39 Å². The molecule has 1 rings (SSSR count). The first-order valence-corrected chi connectivity index (χ1v) is 5.80. The maximum atomic E-state index is 11.9. The molecule has 2 N–H and O–H groups in total. The summed E-state index contributed by atoms with van der Waals surface area (Å²) in [4.78, 5) is 11.6. The molecule has 1 aromatic rings. The Labute approximate surface area is 110 Å². The molecule has 0 heterocycles. The number of hydrogen-bond acceptors (Lipinski definition) is 2. The number of carbonyl (C=O) groups excluding carboxylic acids is 1. The molecular weight excluding hydrogens is 257 g/mol. The molecule has 0 atom stereocenters. The molecule has 0 saturated heterocycles. The van der Waals surface area contributed by atoms with Crippen molar-refractivity contribution in [2.75, 3.05) is 19.8 Å². The van der Waals surface area contributed by atoms with Crippen molar-refractivity contribution in [3.8, 4) is 11.8 Å². The molecular formula is C13H13ClFNO2. The van der Waals surface area contributed by atoms with Crippen molar-refractivity contribution in [3.63, 3.8) is 0 Å². The number of rotatable bonds is 4. The Morgan fingerprint density at radius 3 is 2.89 bits per heavy atom. The average Bonchev–Trinajstić information content (AvgIpc) is 2.37. The minimum absolute atomic E-state index is 0.248. The summed E-state index contributed by atoms with van der Waals surface area (Å²) in [6.07, 6.45) is 0.291. The fraction of sp³-hybridized carbons (Fsp3) is 0.308. The molecule has 18 heavy (non-hydrogen) atoms. The molecule has 0 bridgehead atoms. The molecule has 96 valence electrons. The molecule has 0 aliphatic rings. The summed E-state index contributed by atoms with van der Waals surface area (Å²) in [5.41, 5.74) is 0.944. The Morgan fingerprint density at radius 2 is 2.28 bits per heavy atom. The Bertz CT molecular complexity index is 480. The lowest BCUT2D eigenvalue weighted by Gasteiger charge is -2.05. The number of benzene rings is 1. The van der Waals surface area contributed by atoms with Gasteiger partial charge in [0.1, 0.15) is 6.61 Å². The van der Waals surface area contributed by atoms with E-state index >= 15 is 0 Å². The largest absolute Gasteiger partial charge is 0.384 e. The fourth-order valence-corrected chi connectivity index (χ4v) is 1.49. The first-order valence-electron chi connectivity index (χ1n) is 5.42. The molecule has 0 fully saturated rings. The Balaban J connectivity index is 2.74. The molecule has 0 aliphatic heterocycles. The number of nitrogens with one attached hydrogen (secondary N) is 1. The van der Waals surface area contributed by atoms with Gasteiger partial charge >= 0.3 is 0 Å². The maximum Gasteiger partial charge on any atom is 0.251 e. The standard InChI is InChI=1S/C13H13ClFNO2/c14-12-9-11(13(18)16-7-2-6-15)5-4-10(12)3-1-8-17/h4-5,9,17H,2,6-8H2,(H,16,18). The smallest absolute Gasteiger partial charge is 0.251 e. The number of hydrogen-bond donors (Lipinski definition) is 2. The minimum Gasteiger partial charge on any atom is -0.384 e. The number of amides is 1. The summed E-state index contributed by atoms with van der Waals surface area (Å²) in [6, 6.07) is 4.68. The van der Waals surface area contributed by atoms with Crippen molar-refractivity contribution >= 4 is 17.5 Å². The summed E-state index contributed by atoms with van der Waals surface area (Å²) >= 11 is 5.95. The predicted octanol–water partition coefficient (Wildman–Crippen LogP) is 1.77. The van der Waals surface area contributed by atoms with E-state index in [1.807, 2.05) is 0 Å². The molecule has 0 saturated carbocycles. The molecule has 3 nitrogen and oxygen atoms in total. The van der Waals surface area contributed by atoms with Crippen LogP contribution < -0.4 is 5.32 Å². The van der Waals surface area contributed by atoms with E-state index in [0.29, 0.717) is 29.1 Å². The second kappa shape index (κ2) is 7.70. The van der Waals surface area contributed by atoms with Crippen LogP contribution in [0.2, 0.25) is 5.02 Å². The lowest BCUT2D eigenvalue weighted by molar-refractivity contribution is 0.0952. The van der Waals surface area contributed by atoms with Crippen LogP contribution in [0.25, 0.3) is 0 Å². The van der Waals surface area contributed by atoms with Crippen molar-refractivity contribution in [2.45, 2.75) is 6.42 Å². The highest BCUT2D eigenvalue weighted by molar-refractivity contribution is 6.32. The van der Waals surface area contributed by atoms with Crippen molar-refractivity contribution in [2.24, 2.45) is 0 Å². The van der Waals surface area contributed by atoms with Crippen molar-refractivity contribution in [3.05, 3.63) is 34.3 Å². The monoisotopic (exact) mass is 269 g/mol. The van der Waals surface area contributed by atoms with E-state index in [-0.39, 0.29) is 12.5 Å². The van der Waals surface area contributed by atoms with E-state index < -0.39 is 6.67 Å². The van der Waals surface area contributed by atoms with Crippen LogP contribution in [-0.2, 0) is 0 Å². The Morgan fingerprint density at radius 1 is 1.50 bits per heavy atom. The van der Waals surface area contributed by atoms with Gasteiger partial charge in [0, 0.05) is 17.7 Å². The van der Waals surface area contributed by atoms with Gasteiger partial charge in [0.05, 0.1) is 11.7 Å². The maximum absolute atomic E-state index is 11.9. The zero-order valence-electron chi connectivity index (χ0n) is 9.67. The van der Waals surface area contributed by atoms with Crippen LogP contribution in [0.15, 0.2) is 18.2 Å². The highest BCUT2D eigenvalue weighted by atomic mass is 35.5. The normalized spacial score (nSPS) is 9.50. The molecule has 0 radical (unpaired) electrons. The van der Waals surface area contributed by atoms with Crippen molar-refractivity contribution < 1.29 is 14.3 Å². The van der Waals surface area contributed by atoms with E-state index in [9.17, 15) is 9.18 Å². The predicted molar refractivity (Wildman–Crippen MR) is 68.3 cm³/mol. The number of aliphatic hydroxyl groups is 1. The van der Waals surface area contributed by atoms with Crippen LogP contribution in [0.5, 0.6) is 0 Å². The molecule has 0 aliphatic carbocycles. The lowest BCUT2D eigenvalue weighted by atomic mass is 10.1. The van der Waals surface area contributed by atoms with Crippen LogP contribution in [0.3, 0.4) is 0 Å². The van der Waals surface area contributed by atoms with E-state index in [4.69, 9.17) is 16.7 Å². The van der Waals surface area contributed by atoms with Crippen LogP contribution in [0, 0.1) is 11.8 Å². The van der Waals surface area contributed by atoms with Gasteiger partial charge in [0.15, 0.2) is 0 Å². The third-order valence-electron chi connectivity index (χ3n) is 2.13. The number of alkyl halides is 1. The first-order chi connectivity index (χ1) is 8.69. The third kappa shape index (κ3) is 4.36. The number of carbonyl (C=O) groups is 1. The van der Waals surface area contributed by atoms with Gasteiger partial charge in [-0.05, 0) is 24.6 Å². The minimum atomic E-state index is -0.462. The second-order valence-corrected chi connectivity index (χ2v) is 3.86. The topological polar surface area (TPSA) is 49.3 Å². The molecule has 1 aromatic carbocycles. The van der Waals surface area contributed by atoms with Gasteiger partial charge < -0.3 is 10.4 Å². The average molecular weight is 270 g/mol. The van der Waals surface area contributed by atoms with E-state index in [1.54, 1.807) is 12.1 Å². The summed E-state index contributed by atoms with van der Waals surface area (Å²) in [6.45, 7) is -0.419. The van der Waals surface area contributed by atoms with Gasteiger partial charge in [-0.15, -0.1) is 0 Å². The highest BCUT2D eigenvalue weighted by Crippen LogP contribution is 2.16. The third-order valence-corrected chi connectivity index (χ3v) is 2.44. The lowest BCUT2D eigenvalue weighted by Crippen LogP contribution is -2.24. The fourth-order valence-electron chi connectivity index (χ4n) is 1.26. The van der Waals surface area contributed by atoms with Crippen LogP contribution >= 0.6 is 11.6 Å². The summed E-state index contributed by atoms with van der Waals surface area (Å²) in [7, 11) is 0. The van der Waals surface area contributed by atoms with E-state index in [0.717, 1.165) is 0 Å². The summed E-state index contributed by atoms with van der Waals surface area (Å²) < 4.78 is 11.9. The molecule has 5 heteroatoms. The Hall–Kier alpha value is -1.57.